The predicted molar refractivity (Wildman–Crippen MR) is 59.8 cm³/mol. The Labute approximate surface area is 90.1 Å². The molecule has 0 saturated carbocycles. The van der Waals surface area contributed by atoms with Crippen LogP contribution in [0.1, 0.15) is 18.4 Å². The Morgan fingerprint density at radius 1 is 1.40 bits per heavy atom. The summed E-state index contributed by atoms with van der Waals surface area (Å²) in [5, 5.41) is 2.99. The van der Waals surface area contributed by atoms with Gasteiger partial charge in [-0.05, 0) is 5.56 Å². The van der Waals surface area contributed by atoms with E-state index in [0.29, 0.717) is 5.92 Å². The first-order chi connectivity index (χ1) is 7.18. The highest BCUT2D eigenvalue weighted by atomic mass is 16.2. The summed E-state index contributed by atoms with van der Waals surface area (Å²) >= 11 is 0. The van der Waals surface area contributed by atoms with Crippen molar-refractivity contribution in [3.05, 3.63) is 35.9 Å². The second-order valence-corrected chi connectivity index (χ2v) is 4.14. The Bertz CT molecular complexity index is 350. The van der Waals surface area contributed by atoms with Crippen LogP contribution in [-0.4, -0.2) is 30.6 Å². The average molecular weight is 204 g/mol. The predicted octanol–water partition coefficient (Wildman–Crippen LogP) is 1.81. The molecule has 1 fully saturated rings. The van der Waals surface area contributed by atoms with Gasteiger partial charge in [-0.2, -0.15) is 0 Å². The fourth-order valence-corrected chi connectivity index (χ4v) is 1.96. The van der Waals surface area contributed by atoms with Gasteiger partial charge in [-0.15, -0.1) is 0 Å². The summed E-state index contributed by atoms with van der Waals surface area (Å²) in [5.74, 6) is 0.361. The molecule has 0 aliphatic carbocycles. The molecule has 1 unspecified atom stereocenters. The molecule has 2 amide bonds. The minimum absolute atomic E-state index is 0.0304. The van der Waals surface area contributed by atoms with Crippen LogP contribution in [0.5, 0.6) is 0 Å². The van der Waals surface area contributed by atoms with E-state index in [9.17, 15) is 4.79 Å². The van der Waals surface area contributed by atoms with Crippen LogP contribution in [0.15, 0.2) is 30.3 Å². The molecule has 0 aromatic heterocycles. The summed E-state index contributed by atoms with van der Waals surface area (Å²) < 4.78 is 0. The lowest BCUT2D eigenvalue weighted by molar-refractivity contribution is 0.226. The van der Waals surface area contributed by atoms with Crippen LogP contribution < -0.4 is 5.32 Å². The first kappa shape index (κ1) is 10.0. The summed E-state index contributed by atoms with van der Waals surface area (Å²) in [6, 6.07) is 10.5. The van der Waals surface area contributed by atoms with E-state index in [2.05, 4.69) is 24.4 Å². The Morgan fingerprint density at radius 3 is 2.60 bits per heavy atom. The van der Waals surface area contributed by atoms with Crippen molar-refractivity contribution >= 4 is 6.03 Å². The smallest absolute Gasteiger partial charge is 0.317 e. The maximum absolute atomic E-state index is 11.3. The van der Waals surface area contributed by atoms with Crippen molar-refractivity contribution < 1.29 is 4.79 Å². The second-order valence-electron chi connectivity index (χ2n) is 4.14. The summed E-state index contributed by atoms with van der Waals surface area (Å²) in [7, 11) is 1.83. The van der Waals surface area contributed by atoms with Crippen LogP contribution in [0.25, 0.3) is 0 Å². The molecule has 1 saturated heterocycles. The Morgan fingerprint density at radius 2 is 2.07 bits per heavy atom. The molecular weight excluding hydrogens is 188 g/mol. The molecular formula is C12H16N2O. The van der Waals surface area contributed by atoms with Gasteiger partial charge < -0.3 is 10.2 Å². The Balaban J connectivity index is 2.10. The lowest BCUT2D eigenvalue weighted by atomic mass is 9.94. The van der Waals surface area contributed by atoms with Crippen molar-refractivity contribution in [3.8, 4) is 0 Å². The number of hydrogen-bond acceptors (Lipinski definition) is 1. The standard InChI is InChI=1S/C12H16N2O/c1-9(10-6-4-3-5-7-10)11-8-14(2)12(15)13-11/h3-7,9,11H,8H2,1-2H3,(H,13,15)/t9-,11?/m0/s1. The third kappa shape index (κ3) is 1.96. The normalized spacial score (nSPS) is 22.7. The van der Waals surface area contributed by atoms with E-state index in [1.807, 2.05) is 25.2 Å². The molecule has 3 nitrogen and oxygen atoms in total. The highest BCUT2D eigenvalue weighted by molar-refractivity contribution is 5.76. The summed E-state index contributed by atoms with van der Waals surface area (Å²) in [6.45, 7) is 2.94. The number of nitrogens with zero attached hydrogens (tertiary/aromatic N) is 1. The monoisotopic (exact) mass is 204 g/mol. The lowest BCUT2D eigenvalue weighted by Crippen LogP contribution is -2.31. The van der Waals surface area contributed by atoms with Crippen LogP contribution >= 0.6 is 0 Å². The summed E-state index contributed by atoms with van der Waals surface area (Å²) in [4.78, 5) is 13.1. The molecule has 80 valence electrons. The van der Waals surface area contributed by atoms with Gasteiger partial charge in [-0.3, -0.25) is 0 Å². The van der Waals surface area contributed by atoms with E-state index in [1.165, 1.54) is 5.56 Å². The largest absolute Gasteiger partial charge is 0.333 e. The van der Waals surface area contributed by atoms with Gasteiger partial charge in [0.15, 0.2) is 0 Å². The molecule has 3 heteroatoms. The number of likely N-dealkylation sites (N-methyl/N-ethyl adjacent to an activating group) is 1. The number of amides is 2. The van der Waals surface area contributed by atoms with E-state index >= 15 is 0 Å². The minimum Gasteiger partial charge on any atom is -0.333 e. The number of carbonyl (C=O) groups is 1. The molecule has 15 heavy (non-hydrogen) atoms. The topological polar surface area (TPSA) is 32.3 Å². The third-order valence-electron chi connectivity index (χ3n) is 3.06. The van der Waals surface area contributed by atoms with Crippen molar-refractivity contribution in [1.29, 1.82) is 0 Å². The lowest BCUT2D eigenvalue weighted by Gasteiger charge is -2.18. The molecule has 1 aromatic rings. The van der Waals surface area contributed by atoms with Crippen molar-refractivity contribution in [2.45, 2.75) is 18.9 Å². The van der Waals surface area contributed by atoms with Gasteiger partial charge in [0.2, 0.25) is 0 Å². The Hall–Kier alpha value is -1.51. The maximum atomic E-state index is 11.3. The molecule has 1 aliphatic rings. The van der Waals surface area contributed by atoms with Crippen LogP contribution in [0.3, 0.4) is 0 Å². The summed E-state index contributed by atoms with van der Waals surface area (Å²) in [6.07, 6.45) is 0. The molecule has 1 aromatic carbocycles. The number of nitrogens with one attached hydrogen (secondary N) is 1. The van der Waals surface area contributed by atoms with Crippen molar-refractivity contribution in [3.63, 3.8) is 0 Å². The zero-order valence-electron chi connectivity index (χ0n) is 9.10. The number of carbonyl (C=O) groups excluding carboxylic acids is 1. The maximum Gasteiger partial charge on any atom is 0.317 e. The second kappa shape index (κ2) is 3.93. The molecule has 0 spiro atoms. The number of urea groups is 1. The zero-order chi connectivity index (χ0) is 10.8. The van der Waals surface area contributed by atoms with E-state index in [1.54, 1.807) is 4.90 Å². The van der Waals surface area contributed by atoms with E-state index in [0.717, 1.165) is 6.54 Å². The van der Waals surface area contributed by atoms with E-state index in [-0.39, 0.29) is 12.1 Å². The third-order valence-corrected chi connectivity index (χ3v) is 3.06. The van der Waals surface area contributed by atoms with Gasteiger partial charge in [0, 0.05) is 19.5 Å². The molecule has 0 radical (unpaired) electrons. The first-order valence-corrected chi connectivity index (χ1v) is 5.25. The number of hydrogen-bond donors (Lipinski definition) is 1. The molecule has 1 aliphatic heterocycles. The van der Waals surface area contributed by atoms with Crippen molar-refractivity contribution in [1.82, 2.24) is 10.2 Å². The van der Waals surface area contributed by atoms with Crippen LogP contribution in [0, 0.1) is 0 Å². The fourth-order valence-electron chi connectivity index (χ4n) is 1.96. The average Bonchev–Trinajstić information content (AvgIpc) is 2.59. The number of benzene rings is 1. The van der Waals surface area contributed by atoms with Gasteiger partial charge >= 0.3 is 6.03 Å². The fraction of sp³-hybridized carbons (Fsp3) is 0.417. The number of rotatable bonds is 2. The van der Waals surface area contributed by atoms with E-state index in [4.69, 9.17) is 0 Å². The molecule has 1 N–H and O–H groups in total. The zero-order valence-corrected chi connectivity index (χ0v) is 9.10. The summed E-state index contributed by atoms with van der Waals surface area (Å²) in [5.41, 5.74) is 1.28. The van der Waals surface area contributed by atoms with Gasteiger partial charge in [0.1, 0.15) is 0 Å². The van der Waals surface area contributed by atoms with Crippen LogP contribution in [-0.2, 0) is 0 Å². The van der Waals surface area contributed by atoms with Crippen LogP contribution in [0.4, 0.5) is 4.79 Å². The van der Waals surface area contributed by atoms with Crippen molar-refractivity contribution in [2.24, 2.45) is 0 Å². The van der Waals surface area contributed by atoms with Gasteiger partial charge in [0.05, 0.1) is 6.04 Å². The SMILES string of the molecule is C[C@@H](c1ccccc1)C1CN(C)C(=O)N1. The first-order valence-electron chi connectivity index (χ1n) is 5.25. The Kier molecular flexibility index (Phi) is 2.62. The highest BCUT2D eigenvalue weighted by Crippen LogP contribution is 2.21. The quantitative estimate of drug-likeness (QED) is 0.783. The minimum atomic E-state index is 0.0304. The van der Waals surface area contributed by atoms with Crippen LogP contribution in [0.2, 0.25) is 0 Å². The van der Waals surface area contributed by atoms with Crippen molar-refractivity contribution in [2.75, 3.05) is 13.6 Å². The molecule has 2 rings (SSSR count). The molecule has 0 bridgehead atoms. The van der Waals surface area contributed by atoms with Gasteiger partial charge in [-0.1, -0.05) is 37.3 Å². The molecule has 2 atom stereocenters. The molecule has 1 heterocycles. The van der Waals surface area contributed by atoms with Gasteiger partial charge in [-0.25, -0.2) is 4.79 Å². The highest BCUT2D eigenvalue weighted by Gasteiger charge is 2.30. The van der Waals surface area contributed by atoms with Gasteiger partial charge in [0.25, 0.3) is 0 Å². The van der Waals surface area contributed by atoms with E-state index < -0.39 is 0 Å².